The van der Waals surface area contributed by atoms with Crippen LogP contribution in [0.15, 0.2) is 0 Å². The second-order valence-corrected chi connectivity index (χ2v) is 6.25. The van der Waals surface area contributed by atoms with Crippen LogP contribution in [0.4, 0.5) is 0 Å². The lowest BCUT2D eigenvalue weighted by atomic mass is 9.79. The molecule has 1 aliphatic carbocycles. The zero-order valence-corrected chi connectivity index (χ0v) is 11.0. The molecule has 0 nitrogen and oxygen atoms in total. The molecule has 0 radical (unpaired) electrons. The summed E-state index contributed by atoms with van der Waals surface area (Å²) < 4.78 is 0.746. The molecule has 0 N–H and O–H groups in total. The summed E-state index contributed by atoms with van der Waals surface area (Å²) in [6.07, 6.45) is 10.5. The molecule has 2 unspecified atom stereocenters. The van der Waals surface area contributed by atoms with Gasteiger partial charge in [-0.15, -0.1) is 0 Å². The average Bonchev–Trinajstić information content (AvgIpc) is 2.21. The average molecular weight is 214 g/mol. The van der Waals surface area contributed by atoms with E-state index in [9.17, 15) is 0 Å². The van der Waals surface area contributed by atoms with Gasteiger partial charge in [-0.3, -0.25) is 0 Å². The van der Waals surface area contributed by atoms with Crippen LogP contribution in [0.2, 0.25) is 0 Å². The Balaban J connectivity index is 0.000000461. The molecule has 2 fully saturated rings. The Morgan fingerprint density at radius 1 is 1.07 bits per heavy atom. The van der Waals surface area contributed by atoms with Crippen molar-refractivity contribution in [2.45, 2.75) is 70.5 Å². The van der Waals surface area contributed by atoms with Gasteiger partial charge in [-0.25, -0.2) is 0 Å². The lowest BCUT2D eigenvalue weighted by molar-refractivity contribution is 0.292. The highest BCUT2D eigenvalue weighted by Crippen LogP contribution is 2.48. The molecule has 84 valence electrons. The first-order chi connectivity index (χ1) is 6.81. The first-order valence-corrected chi connectivity index (χ1v) is 7.43. The molecule has 0 amide bonds. The van der Waals surface area contributed by atoms with Crippen molar-refractivity contribution in [1.29, 1.82) is 0 Å². The van der Waals surface area contributed by atoms with Gasteiger partial charge in [-0.2, -0.15) is 11.8 Å². The molecule has 0 aromatic rings. The molecule has 0 aromatic carbocycles. The van der Waals surface area contributed by atoms with Crippen molar-refractivity contribution < 1.29 is 0 Å². The molecule has 2 aliphatic rings. The van der Waals surface area contributed by atoms with Gasteiger partial charge in [-0.05, 0) is 37.4 Å². The van der Waals surface area contributed by atoms with Crippen LogP contribution < -0.4 is 0 Å². The maximum Gasteiger partial charge on any atom is 0.0162 e. The van der Waals surface area contributed by atoms with Crippen molar-refractivity contribution in [3.8, 4) is 0 Å². The standard InChI is InChI=1S/C11H20S.C2H6/c1-10-5-4-7-11(9-10)6-2-3-8-12-11;1-2/h10H,2-9H2,1H3;1-2H3. The molecule has 0 bridgehead atoms. The fourth-order valence-corrected chi connectivity index (χ4v) is 4.64. The fraction of sp³-hybridized carbons (Fsp3) is 1.00. The van der Waals surface area contributed by atoms with Crippen LogP contribution >= 0.6 is 11.8 Å². The zero-order valence-electron chi connectivity index (χ0n) is 10.1. The Kier molecular flexibility index (Phi) is 5.36. The van der Waals surface area contributed by atoms with E-state index in [1.54, 1.807) is 0 Å². The van der Waals surface area contributed by atoms with E-state index >= 15 is 0 Å². The van der Waals surface area contributed by atoms with E-state index in [1.807, 2.05) is 13.8 Å². The minimum atomic E-state index is 0.746. The largest absolute Gasteiger partial charge is 0.155 e. The van der Waals surface area contributed by atoms with Gasteiger partial charge >= 0.3 is 0 Å². The van der Waals surface area contributed by atoms with E-state index < -0.39 is 0 Å². The third-order valence-corrected chi connectivity index (χ3v) is 5.16. The van der Waals surface area contributed by atoms with Gasteiger partial charge in [-0.1, -0.05) is 40.0 Å². The summed E-state index contributed by atoms with van der Waals surface area (Å²) in [5.41, 5.74) is 0. The molecule has 14 heavy (non-hydrogen) atoms. The summed E-state index contributed by atoms with van der Waals surface area (Å²) in [7, 11) is 0. The number of thioether (sulfide) groups is 1. The van der Waals surface area contributed by atoms with Crippen LogP contribution in [0.1, 0.15) is 65.7 Å². The summed E-state index contributed by atoms with van der Waals surface area (Å²) in [6.45, 7) is 6.44. The summed E-state index contributed by atoms with van der Waals surface area (Å²) in [5, 5.41) is 0. The maximum atomic E-state index is 2.44. The Labute approximate surface area is 94.2 Å². The minimum absolute atomic E-state index is 0.746. The van der Waals surface area contributed by atoms with Crippen molar-refractivity contribution in [3.05, 3.63) is 0 Å². The van der Waals surface area contributed by atoms with Crippen molar-refractivity contribution in [1.82, 2.24) is 0 Å². The van der Waals surface area contributed by atoms with Gasteiger partial charge in [0.05, 0.1) is 0 Å². The molecule has 2 rings (SSSR count). The van der Waals surface area contributed by atoms with Gasteiger partial charge in [0.25, 0.3) is 0 Å². The van der Waals surface area contributed by atoms with Crippen molar-refractivity contribution >= 4 is 11.8 Å². The van der Waals surface area contributed by atoms with Crippen molar-refractivity contribution in [3.63, 3.8) is 0 Å². The molecule has 2 atom stereocenters. The molecular formula is C13H26S. The van der Waals surface area contributed by atoms with Crippen LogP contribution in [-0.4, -0.2) is 10.5 Å². The topological polar surface area (TPSA) is 0 Å². The smallest absolute Gasteiger partial charge is 0.0162 e. The van der Waals surface area contributed by atoms with Gasteiger partial charge in [0.15, 0.2) is 0 Å². The first-order valence-electron chi connectivity index (χ1n) is 6.45. The fourth-order valence-electron chi connectivity index (χ4n) is 2.88. The summed E-state index contributed by atoms with van der Waals surface area (Å²) in [5.74, 6) is 2.44. The normalized spacial score (nSPS) is 37.5. The third kappa shape index (κ3) is 3.18. The van der Waals surface area contributed by atoms with Gasteiger partial charge in [0.2, 0.25) is 0 Å². The van der Waals surface area contributed by atoms with E-state index in [2.05, 4.69) is 18.7 Å². The molecule has 1 saturated heterocycles. The van der Waals surface area contributed by atoms with Crippen LogP contribution in [-0.2, 0) is 0 Å². The Morgan fingerprint density at radius 3 is 2.36 bits per heavy atom. The number of hydrogen-bond donors (Lipinski definition) is 0. The highest BCUT2D eigenvalue weighted by molar-refractivity contribution is 8.00. The quantitative estimate of drug-likeness (QED) is 0.554. The molecule has 1 heterocycles. The predicted molar refractivity (Wildman–Crippen MR) is 68.0 cm³/mol. The zero-order chi connectivity index (χ0) is 10.4. The lowest BCUT2D eigenvalue weighted by Crippen LogP contribution is -2.33. The summed E-state index contributed by atoms with van der Waals surface area (Å²) in [4.78, 5) is 0. The van der Waals surface area contributed by atoms with E-state index in [1.165, 1.54) is 50.7 Å². The van der Waals surface area contributed by atoms with E-state index in [4.69, 9.17) is 0 Å². The first kappa shape index (κ1) is 12.4. The van der Waals surface area contributed by atoms with Crippen molar-refractivity contribution in [2.75, 3.05) is 5.75 Å². The highest BCUT2D eigenvalue weighted by atomic mass is 32.2. The molecule has 1 heteroatoms. The number of hydrogen-bond acceptors (Lipinski definition) is 1. The molecule has 0 aromatic heterocycles. The lowest BCUT2D eigenvalue weighted by Gasteiger charge is -2.42. The van der Waals surface area contributed by atoms with E-state index in [-0.39, 0.29) is 0 Å². The van der Waals surface area contributed by atoms with Gasteiger partial charge < -0.3 is 0 Å². The maximum absolute atomic E-state index is 2.44. The molecule has 1 aliphatic heterocycles. The van der Waals surface area contributed by atoms with Gasteiger partial charge in [0.1, 0.15) is 0 Å². The summed E-state index contributed by atoms with van der Waals surface area (Å²) >= 11 is 2.29. The highest BCUT2D eigenvalue weighted by Gasteiger charge is 2.36. The van der Waals surface area contributed by atoms with Crippen LogP contribution in [0, 0.1) is 5.92 Å². The Morgan fingerprint density at radius 2 is 1.79 bits per heavy atom. The minimum Gasteiger partial charge on any atom is -0.155 e. The monoisotopic (exact) mass is 214 g/mol. The Bertz CT molecular complexity index is 142. The SMILES string of the molecule is CC.CC1CCCC2(CCCCS2)C1. The second kappa shape index (κ2) is 6.05. The second-order valence-electron chi connectivity index (χ2n) is 4.69. The van der Waals surface area contributed by atoms with Gasteiger partial charge in [0, 0.05) is 4.75 Å². The van der Waals surface area contributed by atoms with Crippen LogP contribution in [0.25, 0.3) is 0 Å². The molecule has 1 spiro atoms. The number of rotatable bonds is 0. The summed E-state index contributed by atoms with van der Waals surface area (Å²) in [6, 6.07) is 0. The van der Waals surface area contributed by atoms with E-state index in [0.29, 0.717) is 0 Å². The molecule has 1 saturated carbocycles. The van der Waals surface area contributed by atoms with Crippen LogP contribution in [0.3, 0.4) is 0 Å². The van der Waals surface area contributed by atoms with Crippen molar-refractivity contribution in [2.24, 2.45) is 5.92 Å². The third-order valence-electron chi connectivity index (χ3n) is 3.48. The molecular weight excluding hydrogens is 188 g/mol. The Hall–Kier alpha value is 0.350. The van der Waals surface area contributed by atoms with Crippen LogP contribution in [0.5, 0.6) is 0 Å². The predicted octanol–water partition coefficient (Wildman–Crippen LogP) is 4.88. The van der Waals surface area contributed by atoms with E-state index in [0.717, 1.165) is 10.7 Å².